The predicted octanol–water partition coefficient (Wildman–Crippen LogP) is -1.84. The van der Waals surface area contributed by atoms with Crippen LogP contribution in [-0.4, -0.2) is 119 Å². The second kappa shape index (κ2) is 16.5. The first-order valence-electron chi connectivity index (χ1n) is 16.2. The van der Waals surface area contributed by atoms with E-state index in [1.165, 1.54) is 11.9 Å². The van der Waals surface area contributed by atoms with Gasteiger partial charge < -0.3 is 46.7 Å². The third kappa shape index (κ3) is 9.29. The van der Waals surface area contributed by atoms with E-state index in [-0.39, 0.29) is 24.8 Å². The maximum atomic E-state index is 14.2. The number of rotatable bonds is 8. The highest BCUT2D eigenvalue weighted by Crippen LogP contribution is 2.21. The van der Waals surface area contributed by atoms with Crippen LogP contribution in [0.15, 0.2) is 30.5 Å². The fraction of sp³-hybridized carbons (Fsp3) is 0.562. The first-order valence-corrected chi connectivity index (χ1v) is 16.2. The van der Waals surface area contributed by atoms with Gasteiger partial charge in [-0.1, -0.05) is 32.0 Å². The quantitative estimate of drug-likeness (QED) is 0.152. The summed E-state index contributed by atoms with van der Waals surface area (Å²) >= 11 is 0. The standard InChI is InChI=1S/C32H46N8O8/c1-17(2)27-31(47)39-24(15-35-28(44)18-8-10-33-11-9-18)29(45)36-16-25(41)37-22(13-26(42)43)30(46)38-23(32(48)40(27)3)12-19-14-34-21-7-5-4-6-20(19)21/h4-7,14,17-18,22-24,27,30,33-34,38,46H,8-13,15-16H2,1-3H3,(H,35,44)(H,36,45)(H,37,41)(H,39,47)(H,42,43)/t22?,23?,24?,27-,30?/m0/s1. The lowest BCUT2D eigenvalue weighted by Crippen LogP contribution is -2.61. The van der Waals surface area contributed by atoms with Crippen LogP contribution in [0, 0.1) is 11.8 Å². The van der Waals surface area contributed by atoms with Crippen molar-refractivity contribution in [3.8, 4) is 0 Å². The lowest BCUT2D eigenvalue weighted by atomic mass is 9.97. The Kier molecular flexibility index (Phi) is 12.5. The number of nitrogens with one attached hydrogen (secondary N) is 7. The zero-order valence-corrected chi connectivity index (χ0v) is 27.4. The minimum Gasteiger partial charge on any atom is -0.481 e. The lowest BCUT2D eigenvalue weighted by molar-refractivity contribution is -0.143. The fourth-order valence-corrected chi connectivity index (χ4v) is 6.24. The Morgan fingerprint density at radius 2 is 1.73 bits per heavy atom. The van der Waals surface area contributed by atoms with Crippen molar-refractivity contribution in [2.45, 2.75) is 69.9 Å². The molecule has 3 heterocycles. The fourth-order valence-electron chi connectivity index (χ4n) is 6.24. The number of carboxylic acids is 1. The number of amides is 5. The SMILES string of the molecule is CC(C)[C@H]1C(=O)NC(CNC(=O)C2CCNCC2)C(=O)NCC(=O)NC(CC(=O)O)C(O)NC(Cc2c[nH]c3ccccc23)C(=O)N1C. The van der Waals surface area contributed by atoms with Gasteiger partial charge in [-0.15, -0.1) is 0 Å². The van der Waals surface area contributed by atoms with Crippen molar-refractivity contribution < 1.29 is 39.0 Å². The Hall–Kier alpha value is -4.54. The van der Waals surface area contributed by atoms with E-state index in [2.05, 4.69) is 36.9 Å². The monoisotopic (exact) mass is 670 g/mol. The van der Waals surface area contributed by atoms with E-state index in [9.17, 15) is 39.0 Å². The third-order valence-corrected chi connectivity index (χ3v) is 8.80. The molecule has 2 aliphatic heterocycles. The molecule has 0 saturated carbocycles. The van der Waals surface area contributed by atoms with E-state index in [0.29, 0.717) is 25.9 Å². The van der Waals surface area contributed by atoms with Crippen LogP contribution in [0.3, 0.4) is 0 Å². The van der Waals surface area contributed by atoms with E-state index in [1.807, 2.05) is 24.3 Å². The maximum absolute atomic E-state index is 14.2. The van der Waals surface area contributed by atoms with Crippen LogP contribution in [-0.2, 0) is 35.2 Å². The summed E-state index contributed by atoms with van der Waals surface area (Å²) in [5.74, 6) is -5.13. The van der Waals surface area contributed by atoms with Gasteiger partial charge in [-0.2, -0.15) is 0 Å². The third-order valence-electron chi connectivity index (χ3n) is 8.80. The second-order valence-electron chi connectivity index (χ2n) is 12.7. The maximum Gasteiger partial charge on any atom is 0.305 e. The molecule has 2 saturated heterocycles. The minimum absolute atomic E-state index is 0.0375. The van der Waals surface area contributed by atoms with E-state index >= 15 is 0 Å². The molecule has 0 radical (unpaired) electrons. The van der Waals surface area contributed by atoms with Crippen molar-refractivity contribution >= 4 is 46.4 Å². The van der Waals surface area contributed by atoms with Crippen molar-refractivity contribution in [1.82, 2.24) is 41.8 Å². The molecule has 0 bridgehead atoms. The highest BCUT2D eigenvalue weighted by atomic mass is 16.4. The molecular weight excluding hydrogens is 624 g/mol. The van der Waals surface area contributed by atoms with Crippen molar-refractivity contribution in [2.24, 2.45) is 11.8 Å². The van der Waals surface area contributed by atoms with E-state index < -0.39 is 78.9 Å². The summed E-state index contributed by atoms with van der Waals surface area (Å²) in [6, 6.07) is 2.48. The van der Waals surface area contributed by atoms with Crippen molar-refractivity contribution in [3.05, 3.63) is 36.0 Å². The molecule has 16 nitrogen and oxygen atoms in total. The van der Waals surface area contributed by atoms with E-state index in [1.54, 1.807) is 20.0 Å². The van der Waals surface area contributed by atoms with Crippen LogP contribution in [0.4, 0.5) is 0 Å². The van der Waals surface area contributed by atoms with Crippen LogP contribution in [0.5, 0.6) is 0 Å². The molecule has 1 aromatic heterocycles. The zero-order chi connectivity index (χ0) is 35.0. The molecule has 1 aromatic carbocycles. The molecule has 0 spiro atoms. The molecule has 2 aliphatic rings. The molecule has 5 amide bonds. The number of aromatic nitrogens is 1. The number of nitrogens with zero attached hydrogens (tertiary/aromatic N) is 1. The smallest absolute Gasteiger partial charge is 0.305 e. The Morgan fingerprint density at radius 3 is 2.42 bits per heavy atom. The van der Waals surface area contributed by atoms with E-state index in [4.69, 9.17) is 0 Å². The first kappa shape index (κ1) is 36.3. The van der Waals surface area contributed by atoms with Crippen molar-refractivity contribution in [1.29, 1.82) is 0 Å². The Morgan fingerprint density at radius 1 is 1.02 bits per heavy atom. The number of likely N-dealkylation sites (N-methyl/N-ethyl adjacent to an activating group) is 1. The van der Waals surface area contributed by atoms with E-state index in [0.717, 1.165) is 16.5 Å². The molecule has 0 aliphatic carbocycles. The molecule has 5 atom stereocenters. The second-order valence-corrected chi connectivity index (χ2v) is 12.7. The number of aliphatic hydroxyl groups excluding tert-OH is 1. The Balaban J connectivity index is 1.66. The van der Waals surface area contributed by atoms with Gasteiger partial charge in [0, 0.05) is 36.6 Å². The molecule has 4 unspecified atom stereocenters. The van der Waals surface area contributed by atoms with Crippen LogP contribution >= 0.6 is 0 Å². The number of carboxylic acid groups (broad SMARTS) is 1. The number of carbonyl (C=O) groups is 6. The summed E-state index contributed by atoms with van der Waals surface area (Å²) in [6.45, 7) is 3.95. The summed E-state index contributed by atoms with van der Waals surface area (Å²) < 4.78 is 0. The molecule has 9 N–H and O–H groups in total. The van der Waals surface area contributed by atoms with Gasteiger partial charge >= 0.3 is 5.97 Å². The predicted molar refractivity (Wildman–Crippen MR) is 174 cm³/mol. The number of piperidine rings is 1. The van der Waals surface area contributed by atoms with Gasteiger partial charge in [0.2, 0.25) is 29.5 Å². The molecule has 48 heavy (non-hydrogen) atoms. The van der Waals surface area contributed by atoms with Gasteiger partial charge in [0.1, 0.15) is 18.3 Å². The highest BCUT2D eigenvalue weighted by molar-refractivity contribution is 5.95. The summed E-state index contributed by atoms with van der Waals surface area (Å²) in [5.41, 5.74) is 1.54. The number of H-pyrrole nitrogens is 1. The largest absolute Gasteiger partial charge is 0.481 e. The zero-order valence-electron chi connectivity index (χ0n) is 27.4. The van der Waals surface area contributed by atoms with Gasteiger partial charge in [-0.05, 0) is 49.9 Å². The number of aliphatic carboxylic acids is 1. The number of aromatic amines is 1. The first-order chi connectivity index (χ1) is 22.8. The topological polar surface area (TPSA) is 234 Å². The highest BCUT2D eigenvalue weighted by Gasteiger charge is 2.38. The number of carbonyl (C=O) groups excluding carboxylic acids is 5. The summed E-state index contributed by atoms with van der Waals surface area (Å²) in [5, 5.41) is 37.8. The van der Waals surface area contributed by atoms with Crippen molar-refractivity contribution in [2.75, 3.05) is 33.2 Å². The number of para-hydroxylation sites is 1. The van der Waals surface area contributed by atoms with Gasteiger partial charge in [-0.25, -0.2) is 0 Å². The van der Waals surface area contributed by atoms with Crippen LogP contribution in [0.25, 0.3) is 10.9 Å². The normalized spacial score (nSPS) is 25.5. The number of hydrogen-bond donors (Lipinski definition) is 9. The van der Waals surface area contributed by atoms with Crippen LogP contribution < -0.4 is 31.9 Å². The number of benzene rings is 1. The summed E-state index contributed by atoms with van der Waals surface area (Å²) in [4.78, 5) is 83.2. The van der Waals surface area contributed by atoms with Gasteiger partial charge in [0.05, 0.1) is 25.0 Å². The number of fused-ring (bicyclic) bond motifs is 1. The van der Waals surface area contributed by atoms with Crippen LogP contribution in [0.1, 0.15) is 38.7 Å². The molecule has 16 heteroatoms. The van der Waals surface area contributed by atoms with Gasteiger partial charge in [0.15, 0.2) is 0 Å². The number of hydrogen-bond acceptors (Lipinski definition) is 9. The molecule has 262 valence electrons. The molecular formula is C32H46N8O8. The molecule has 2 fully saturated rings. The lowest BCUT2D eigenvalue weighted by Gasteiger charge is -2.35. The molecule has 2 aromatic rings. The Labute approximate surface area is 278 Å². The summed E-state index contributed by atoms with van der Waals surface area (Å²) in [7, 11) is 1.44. The van der Waals surface area contributed by atoms with Crippen molar-refractivity contribution in [3.63, 3.8) is 0 Å². The average molecular weight is 671 g/mol. The van der Waals surface area contributed by atoms with Gasteiger partial charge in [0.25, 0.3) is 0 Å². The summed E-state index contributed by atoms with van der Waals surface area (Å²) in [6.07, 6.45) is 0.601. The van der Waals surface area contributed by atoms with Crippen LogP contribution in [0.2, 0.25) is 0 Å². The average Bonchev–Trinajstić information content (AvgIpc) is 3.46. The Bertz CT molecular complexity index is 1490. The number of aliphatic hydroxyl groups is 1. The van der Waals surface area contributed by atoms with Gasteiger partial charge in [-0.3, -0.25) is 34.1 Å². The minimum atomic E-state index is -1.71. The molecule has 4 rings (SSSR count).